The Bertz CT molecular complexity index is 456. The third kappa shape index (κ3) is 3.09. The quantitative estimate of drug-likeness (QED) is 0.897. The van der Waals surface area contributed by atoms with Crippen molar-refractivity contribution in [3.05, 3.63) is 23.8 Å². The minimum Gasteiger partial charge on any atom is -0.493 e. The molecule has 0 aromatic heterocycles. The molecule has 1 saturated carbocycles. The van der Waals surface area contributed by atoms with Crippen LogP contribution in [0.4, 0.5) is 0 Å². The fourth-order valence-corrected chi connectivity index (χ4v) is 3.57. The molecule has 2 rings (SSSR count). The monoisotopic (exact) mass is 277 g/mol. The summed E-state index contributed by atoms with van der Waals surface area (Å²) < 4.78 is 10.6. The Hall–Kier alpha value is -1.22. The molecular formula is C17H27NO2. The fraction of sp³-hybridized carbons (Fsp3) is 0.647. The molecule has 112 valence electrons. The van der Waals surface area contributed by atoms with E-state index in [-0.39, 0.29) is 6.04 Å². The largest absolute Gasteiger partial charge is 0.493 e. The van der Waals surface area contributed by atoms with Gasteiger partial charge in [0.15, 0.2) is 11.5 Å². The molecular weight excluding hydrogens is 250 g/mol. The van der Waals surface area contributed by atoms with Gasteiger partial charge in [0, 0.05) is 6.04 Å². The topological polar surface area (TPSA) is 44.5 Å². The summed E-state index contributed by atoms with van der Waals surface area (Å²) in [5.74, 6) is 2.16. The molecule has 3 nitrogen and oxygen atoms in total. The summed E-state index contributed by atoms with van der Waals surface area (Å²) >= 11 is 0. The number of nitrogens with two attached hydrogens (primary N) is 1. The lowest BCUT2D eigenvalue weighted by molar-refractivity contribution is 0.220. The van der Waals surface area contributed by atoms with Crippen molar-refractivity contribution >= 4 is 0 Å². The van der Waals surface area contributed by atoms with Crippen LogP contribution in [0.5, 0.6) is 11.5 Å². The molecule has 2 atom stereocenters. The molecule has 0 bridgehead atoms. The van der Waals surface area contributed by atoms with Crippen molar-refractivity contribution < 1.29 is 9.47 Å². The lowest BCUT2D eigenvalue weighted by Crippen LogP contribution is -2.38. The zero-order chi connectivity index (χ0) is 14.8. The normalized spacial score (nSPS) is 22.6. The zero-order valence-electron chi connectivity index (χ0n) is 13.1. The summed E-state index contributed by atoms with van der Waals surface area (Å²) in [5, 5.41) is 0. The zero-order valence-corrected chi connectivity index (χ0v) is 13.1. The van der Waals surface area contributed by atoms with Crippen molar-refractivity contribution in [2.24, 2.45) is 17.1 Å². The van der Waals surface area contributed by atoms with Crippen LogP contribution in [0.25, 0.3) is 0 Å². The van der Waals surface area contributed by atoms with Crippen molar-refractivity contribution in [3.63, 3.8) is 0 Å². The van der Waals surface area contributed by atoms with Crippen LogP contribution in [-0.2, 0) is 6.42 Å². The fourth-order valence-electron chi connectivity index (χ4n) is 3.57. The minimum atomic E-state index is 0.214. The van der Waals surface area contributed by atoms with Crippen molar-refractivity contribution in [2.45, 2.75) is 45.6 Å². The van der Waals surface area contributed by atoms with Gasteiger partial charge in [-0.3, -0.25) is 0 Å². The van der Waals surface area contributed by atoms with Gasteiger partial charge in [-0.25, -0.2) is 0 Å². The first-order chi connectivity index (χ1) is 9.47. The van der Waals surface area contributed by atoms with Crippen molar-refractivity contribution in [3.8, 4) is 11.5 Å². The van der Waals surface area contributed by atoms with Crippen LogP contribution in [0, 0.1) is 11.3 Å². The summed E-state index contributed by atoms with van der Waals surface area (Å²) in [6.07, 6.45) is 4.74. The molecule has 2 N–H and O–H groups in total. The smallest absolute Gasteiger partial charge is 0.160 e. The number of methoxy groups -OCH3 is 2. The summed E-state index contributed by atoms with van der Waals surface area (Å²) in [6.45, 7) is 4.69. The van der Waals surface area contributed by atoms with Gasteiger partial charge in [0.1, 0.15) is 0 Å². The molecule has 0 radical (unpaired) electrons. The van der Waals surface area contributed by atoms with Crippen LogP contribution in [-0.4, -0.2) is 20.3 Å². The van der Waals surface area contributed by atoms with Crippen molar-refractivity contribution in [1.82, 2.24) is 0 Å². The van der Waals surface area contributed by atoms with Gasteiger partial charge in [-0.05, 0) is 48.3 Å². The number of hydrogen-bond donors (Lipinski definition) is 1. The second kappa shape index (κ2) is 6.04. The average molecular weight is 277 g/mol. The predicted molar refractivity (Wildman–Crippen MR) is 82.3 cm³/mol. The van der Waals surface area contributed by atoms with Gasteiger partial charge in [0.2, 0.25) is 0 Å². The molecule has 1 aromatic carbocycles. The Morgan fingerprint density at radius 1 is 1.25 bits per heavy atom. The maximum atomic E-state index is 6.48. The number of ether oxygens (including phenoxy) is 2. The standard InChI is InChI=1S/C17H27NO2/c1-17(2)9-5-6-13(17)14(18)10-12-7-8-15(19-3)16(11-12)20-4/h7-8,11,13-14H,5-6,9-10,18H2,1-4H3. The second-order valence-electron chi connectivity index (χ2n) is 6.54. The molecule has 3 heteroatoms. The Balaban J connectivity index is 2.10. The van der Waals surface area contributed by atoms with Crippen LogP contribution in [0.15, 0.2) is 18.2 Å². The van der Waals surface area contributed by atoms with Crippen LogP contribution >= 0.6 is 0 Å². The molecule has 0 amide bonds. The van der Waals surface area contributed by atoms with Crippen LogP contribution in [0.1, 0.15) is 38.7 Å². The molecule has 2 unspecified atom stereocenters. The Kier molecular flexibility index (Phi) is 4.59. The second-order valence-corrected chi connectivity index (χ2v) is 6.54. The predicted octanol–water partition coefficient (Wildman–Crippen LogP) is 3.40. The first-order valence-corrected chi connectivity index (χ1v) is 7.44. The highest BCUT2D eigenvalue weighted by Gasteiger charge is 2.37. The van der Waals surface area contributed by atoms with E-state index in [9.17, 15) is 0 Å². The average Bonchev–Trinajstić information content (AvgIpc) is 2.78. The number of rotatable bonds is 5. The SMILES string of the molecule is COc1ccc(CC(N)C2CCCC2(C)C)cc1OC. The Morgan fingerprint density at radius 3 is 2.50 bits per heavy atom. The maximum Gasteiger partial charge on any atom is 0.160 e. The number of benzene rings is 1. The summed E-state index contributed by atoms with van der Waals surface area (Å²) in [4.78, 5) is 0. The maximum absolute atomic E-state index is 6.48. The van der Waals surface area contributed by atoms with E-state index in [0.29, 0.717) is 11.3 Å². The summed E-state index contributed by atoms with van der Waals surface area (Å²) in [5.41, 5.74) is 8.07. The van der Waals surface area contributed by atoms with Gasteiger partial charge < -0.3 is 15.2 Å². The van der Waals surface area contributed by atoms with Crippen LogP contribution < -0.4 is 15.2 Å². The summed E-state index contributed by atoms with van der Waals surface area (Å²) in [7, 11) is 3.33. The first kappa shape index (κ1) is 15.2. The number of hydrogen-bond acceptors (Lipinski definition) is 3. The lowest BCUT2D eigenvalue weighted by Gasteiger charge is -2.32. The van der Waals surface area contributed by atoms with Gasteiger partial charge in [-0.1, -0.05) is 26.3 Å². The molecule has 0 heterocycles. The third-order valence-electron chi connectivity index (χ3n) is 4.78. The van der Waals surface area contributed by atoms with Crippen molar-refractivity contribution in [2.75, 3.05) is 14.2 Å². The van der Waals surface area contributed by atoms with E-state index >= 15 is 0 Å². The molecule has 0 saturated heterocycles. The molecule has 0 spiro atoms. The molecule has 20 heavy (non-hydrogen) atoms. The van der Waals surface area contributed by atoms with Gasteiger partial charge in [0.25, 0.3) is 0 Å². The Morgan fingerprint density at radius 2 is 1.95 bits per heavy atom. The minimum absolute atomic E-state index is 0.214. The van der Waals surface area contributed by atoms with Gasteiger partial charge in [-0.15, -0.1) is 0 Å². The Labute approximate surface area is 122 Å². The van der Waals surface area contributed by atoms with E-state index in [1.54, 1.807) is 14.2 Å². The first-order valence-electron chi connectivity index (χ1n) is 7.44. The highest BCUT2D eigenvalue weighted by atomic mass is 16.5. The molecule has 1 aliphatic rings. The van der Waals surface area contributed by atoms with E-state index in [1.807, 2.05) is 12.1 Å². The van der Waals surface area contributed by atoms with Crippen LogP contribution in [0.2, 0.25) is 0 Å². The van der Waals surface area contributed by atoms with E-state index in [4.69, 9.17) is 15.2 Å². The van der Waals surface area contributed by atoms with Crippen molar-refractivity contribution in [1.29, 1.82) is 0 Å². The van der Waals surface area contributed by atoms with E-state index in [1.165, 1.54) is 24.8 Å². The molecule has 1 fully saturated rings. The van der Waals surface area contributed by atoms with Gasteiger partial charge in [-0.2, -0.15) is 0 Å². The molecule has 1 aromatic rings. The highest BCUT2D eigenvalue weighted by molar-refractivity contribution is 5.43. The van der Waals surface area contributed by atoms with E-state index < -0.39 is 0 Å². The van der Waals surface area contributed by atoms with E-state index in [2.05, 4.69) is 19.9 Å². The van der Waals surface area contributed by atoms with E-state index in [0.717, 1.165) is 17.9 Å². The molecule has 0 aliphatic heterocycles. The van der Waals surface area contributed by atoms with Crippen LogP contribution in [0.3, 0.4) is 0 Å². The summed E-state index contributed by atoms with van der Waals surface area (Å²) in [6, 6.07) is 6.30. The van der Waals surface area contributed by atoms with Gasteiger partial charge in [0.05, 0.1) is 14.2 Å². The highest BCUT2D eigenvalue weighted by Crippen LogP contribution is 2.44. The lowest BCUT2D eigenvalue weighted by atomic mass is 9.76. The van der Waals surface area contributed by atoms with Gasteiger partial charge >= 0.3 is 0 Å². The third-order valence-corrected chi connectivity index (χ3v) is 4.78. The molecule has 1 aliphatic carbocycles.